The standard InChI is InChI=1S/C28H33N7O5/c36-26(29-16-8-2-5-15-25-31-33-34-32-25)22(30-27(37)24-18-21-12-6-7-14-23(21)40-24)13-9-17-35(28(38)39)19-20-10-3-1-4-11-20/h1,3-4,6-7,10-12,14,18,22H,2,5,8-9,13,15-17,19H2,(H,29,36)(H,30,37)(H,38,39)(H,31,32,33,34)/t22-/m0/s1. The number of rotatable bonds is 15. The smallest absolute Gasteiger partial charge is 0.407 e. The number of carboxylic acid groups (broad SMARTS) is 1. The average molecular weight is 548 g/mol. The number of tetrazole rings is 1. The van der Waals surface area contributed by atoms with Crippen LogP contribution in [0.25, 0.3) is 11.0 Å². The third-order valence-corrected chi connectivity index (χ3v) is 6.44. The van der Waals surface area contributed by atoms with Crippen molar-refractivity contribution in [2.45, 2.75) is 51.1 Å². The van der Waals surface area contributed by atoms with Crippen LogP contribution in [0, 0.1) is 0 Å². The number of H-pyrrole nitrogens is 1. The van der Waals surface area contributed by atoms with Crippen molar-refractivity contribution in [1.29, 1.82) is 0 Å². The van der Waals surface area contributed by atoms with Gasteiger partial charge in [0.15, 0.2) is 11.6 Å². The SMILES string of the molecule is O=C(N[C@@H](CCCN(Cc1ccccc1)C(=O)O)C(=O)NCCCCCc1nn[nH]n1)c1cc2ccccc2o1. The molecule has 0 aliphatic carbocycles. The summed E-state index contributed by atoms with van der Waals surface area (Å²) in [6.45, 7) is 0.893. The number of carbonyl (C=O) groups is 3. The number of para-hydroxylation sites is 1. The lowest BCUT2D eigenvalue weighted by molar-refractivity contribution is -0.123. The van der Waals surface area contributed by atoms with Gasteiger partial charge >= 0.3 is 6.09 Å². The van der Waals surface area contributed by atoms with Crippen LogP contribution in [0.1, 0.15) is 54.0 Å². The van der Waals surface area contributed by atoms with E-state index in [1.807, 2.05) is 48.5 Å². The molecule has 210 valence electrons. The van der Waals surface area contributed by atoms with Crippen molar-refractivity contribution in [2.24, 2.45) is 0 Å². The van der Waals surface area contributed by atoms with E-state index in [2.05, 4.69) is 31.3 Å². The molecule has 1 atom stereocenters. The molecular formula is C28H33N7O5. The van der Waals surface area contributed by atoms with Crippen LogP contribution in [-0.4, -0.2) is 67.7 Å². The van der Waals surface area contributed by atoms with E-state index in [-0.39, 0.29) is 31.2 Å². The van der Waals surface area contributed by atoms with Crippen LogP contribution in [-0.2, 0) is 17.8 Å². The Bertz CT molecular complexity index is 1340. The highest BCUT2D eigenvalue weighted by Crippen LogP contribution is 2.19. The van der Waals surface area contributed by atoms with E-state index in [0.717, 1.165) is 30.2 Å². The maximum atomic E-state index is 13.1. The van der Waals surface area contributed by atoms with Crippen LogP contribution < -0.4 is 10.6 Å². The van der Waals surface area contributed by atoms with Crippen LogP contribution in [0.2, 0.25) is 0 Å². The van der Waals surface area contributed by atoms with Gasteiger partial charge in [-0.1, -0.05) is 60.2 Å². The van der Waals surface area contributed by atoms with Crippen LogP contribution in [0.4, 0.5) is 4.79 Å². The zero-order valence-corrected chi connectivity index (χ0v) is 22.1. The molecule has 0 spiro atoms. The summed E-state index contributed by atoms with van der Waals surface area (Å²) in [5.74, 6) is -0.0693. The summed E-state index contributed by atoms with van der Waals surface area (Å²) in [6, 6.07) is 17.4. The van der Waals surface area contributed by atoms with Crippen LogP contribution in [0.15, 0.2) is 65.1 Å². The molecule has 40 heavy (non-hydrogen) atoms. The molecule has 12 nitrogen and oxygen atoms in total. The molecule has 0 bridgehead atoms. The highest BCUT2D eigenvalue weighted by atomic mass is 16.4. The quantitative estimate of drug-likeness (QED) is 0.164. The van der Waals surface area contributed by atoms with Crippen molar-refractivity contribution >= 4 is 28.9 Å². The first-order chi connectivity index (χ1) is 19.5. The number of aryl methyl sites for hydroxylation is 1. The van der Waals surface area contributed by atoms with Gasteiger partial charge in [-0.25, -0.2) is 4.79 Å². The van der Waals surface area contributed by atoms with Crippen molar-refractivity contribution in [3.05, 3.63) is 77.8 Å². The van der Waals surface area contributed by atoms with Gasteiger partial charge in [0.25, 0.3) is 5.91 Å². The fourth-order valence-corrected chi connectivity index (χ4v) is 4.33. The summed E-state index contributed by atoms with van der Waals surface area (Å²) in [5, 5.41) is 29.9. The largest absolute Gasteiger partial charge is 0.465 e. The number of aromatic nitrogens is 4. The maximum absolute atomic E-state index is 13.1. The number of carbonyl (C=O) groups excluding carboxylic acids is 2. The topological polar surface area (TPSA) is 166 Å². The molecule has 0 unspecified atom stereocenters. The molecule has 0 aliphatic rings. The van der Waals surface area contributed by atoms with E-state index in [1.54, 1.807) is 12.1 Å². The second-order valence-electron chi connectivity index (χ2n) is 9.44. The number of amides is 3. The number of unbranched alkanes of at least 4 members (excludes halogenated alkanes) is 2. The molecular weight excluding hydrogens is 514 g/mol. The van der Waals surface area contributed by atoms with Crippen molar-refractivity contribution < 1.29 is 23.9 Å². The monoisotopic (exact) mass is 547 g/mol. The molecule has 2 aromatic heterocycles. The Morgan fingerprint density at radius 2 is 1.80 bits per heavy atom. The summed E-state index contributed by atoms with van der Waals surface area (Å²) in [4.78, 5) is 39.2. The van der Waals surface area contributed by atoms with Gasteiger partial charge in [-0.05, 0) is 43.4 Å². The zero-order valence-electron chi connectivity index (χ0n) is 22.1. The molecule has 0 saturated carbocycles. The molecule has 2 heterocycles. The number of nitrogens with zero attached hydrogens (tertiary/aromatic N) is 4. The Morgan fingerprint density at radius 1 is 1.00 bits per heavy atom. The first-order valence-corrected chi connectivity index (χ1v) is 13.3. The second kappa shape index (κ2) is 14.4. The third kappa shape index (κ3) is 8.38. The lowest BCUT2D eigenvalue weighted by atomic mass is 10.1. The molecule has 3 amide bonds. The van der Waals surface area contributed by atoms with Gasteiger partial charge in [-0.2, -0.15) is 5.21 Å². The second-order valence-corrected chi connectivity index (χ2v) is 9.44. The fourth-order valence-electron chi connectivity index (χ4n) is 4.33. The van der Waals surface area contributed by atoms with E-state index < -0.39 is 18.0 Å². The fraction of sp³-hybridized carbons (Fsp3) is 0.357. The molecule has 4 N–H and O–H groups in total. The summed E-state index contributed by atoms with van der Waals surface area (Å²) >= 11 is 0. The van der Waals surface area contributed by atoms with E-state index in [0.29, 0.717) is 30.8 Å². The zero-order chi connectivity index (χ0) is 28.2. The van der Waals surface area contributed by atoms with Crippen molar-refractivity contribution in [3.8, 4) is 0 Å². The normalized spacial score (nSPS) is 11.7. The average Bonchev–Trinajstić information content (AvgIpc) is 3.64. The Labute approximate surface area is 231 Å². The van der Waals surface area contributed by atoms with Crippen molar-refractivity contribution in [3.63, 3.8) is 0 Å². The number of hydrogen-bond donors (Lipinski definition) is 4. The Balaban J connectivity index is 1.32. The Hall–Kier alpha value is -4.74. The lowest BCUT2D eigenvalue weighted by Gasteiger charge is -2.22. The molecule has 0 aliphatic heterocycles. The third-order valence-electron chi connectivity index (χ3n) is 6.44. The van der Waals surface area contributed by atoms with Gasteiger partial charge in [-0.15, -0.1) is 10.2 Å². The first kappa shape index (κ1) is 28.3. The minimum atomic E-state index is -1.04. The highest BCUT2D eigenvalue weighted by molar-refractivity contribution is 5.98. The maximum Gasteiger partial charge on any atom is 0.407 e. The van der Waals surface area contributed by atoms with Crippen molar-refractivity contribution in [2.75, 3.05) is 13.1 Å². The highest BCUT2D eigenvalue weighted by Gasteiger charge is 2.24. The minimum absolute atomic E-state index is 0.108. The number of furan rings is 1. The number of benzene rings is 2. The van der Waals surface area contributed by atoms with Gasteiger partial charge in [-0.3, -0.25) is 9.59 Å². The van der Waals surface area contributed by atoms with Crippen LogP contribution in [0.3, 0.4) is 0 Å². The number of nitrogens with one attached hydrogen (secondary N) is 3. The predicted octanol–water partition coefficient (Wildman–Crippen LogP) is 3.53. The van der Waals surface area contributed by atoms with Gasteiger partial charge in [0, 0.05) is 31.4 Å². The molecule has 0 fully saturated rings. The number of fused-ring (bicyclic) bond motifs is 1. The van der Waals surface area contributed by atoms with E-state index in [4.69, 9.17) is 4.42 Å². The Kier molecular flexibility index (Phi) is 10.2. The predicted molar refractivity (Wildman–Crippen MR) is 146 cm³/mol. The summed E-state index contributed by atoms with van der Waals surface area (Å²) in [5.41, 5.74) is 1.45. The van der Waals surface area contributed by atoms with E-state index in [9.17, 15) is 19.5 Å². The summed E-state index contributed by atoms with van der Waals surface area (Å²) < 4.78 is 5.66. The van der Waals surface area contributed by atoms with E-state index >= 15 is 0 Å². The van der Waals surface area contributed by atoms with Gasteiger partial charge in [0.05, 0.1) is 0 Å². The lowest BCUT2D eigenvalue weighted by Crippen LogP contribution is -2.47. The number of hydrogen-bond acceptors (Lipinski definition) is 7. The molecule has 4 rings (SSSR count). The summed E-state index contributed by atoms with van der Waals surface area (Å²) in [6.07, 6.45) is 2.75. The summed E-state index contributed by atoms with van der Waals surface area (Å²) in [7, 11) is 0. The number of aromatic amines is 1. The van der Waals surface area contributed by atoms with E-state index in [1.165, 1.54) is 4.90 Å². The molecule has 0 radical (unpaired) electrons. The first-order valence-electron chi connectivity index (χ1n) is 13.3. The Morgan fingerprint density at radius 3 is 2.55 bits per heavy atom. The molecule has 0 saturated heterocycles. The molecule has 2 aromatic carbocycles. The van der Waals surface area contributed by atoms with Gasteiger partial charge < -0.3 is 25.1 Å². The molecule has 4 aromatic rings. The molecule has 12 heteroatoms. The minimum Gasteiger partial charge on any atom is -0.465 e. The van der Waals surface area contributed by atoms with Gasteiger partial charge in [0.1, 0.15) is 11.6 Å². The van der Waals surface area contributed by atoms with Crippen molar-refractivity contribution in [1.82, 2.24) is 36.2 Å². The van der Waals surface area contributed by atoms with Gasteiger partial charge in [0.2, 0.25) is 5.91 Å². The van der Waals surface area contributed by atoms with Crippen LogP contribution in [0.5, 0.6) is 0 Å². The van der Waals surface area contributed by atoms with Crippen LogP contribution >= 0.6 is 0 Å².